The van der Waals surface area contributed by atoms with Crippen molar-refractivity contribution in [3.63, 3.8) is 0 Å². The molecular formula is C120H214N10O2. The minimum atomic E-state index is -2.35. The molecule has 0 saturated carbocycles. The molecule has 6 aromatic rings. The molecule has 0 bridgehead atoms. The van der Waals surface area contributed by atoms with E-state index in [1.165, 1.54) is 71.6 Å². The molecule has 0 saturated heterocycles. The monoisotopic (exact) mass is 1840 g/mol. The van der Waals surface area contributed by atoms with Crippen molar-refractivity contribution in [1.82, 2.24) is 19.6 Å². The van der Waals surface area contributed by atoms with E-state index in [1.807, 2.05) is 88.3 Å². The zero-order valence-corrected chi connectivity index (χ0v) is 96.7. The van der Waals surface area contributed by atoms with Gasteiger partial charge in [-0.2, -0.15) is 0 Å². The van der Waals surface area contributed by atoms with Gasteiger partial charge in [-0.15, -0.1) is 0 Å². The van der Waals surface area contributed by atoms with Crippen LogP contribution in [0.1, 0.15) is 389 Å². The highest BCUT2D eigenvalue weighted by Crippen LogP contribution is 2.44. The Bertz CT molecular complexity index is 4450. The first-order chi connectivity index (χ1) is 62.3. The lowest BCUT2D eigenvalue weighted by Gasteiger charge is -2.59. The zero-order valence-electron chi connectivity index (χ0n) is 106. The molecule has 12 nitrogen and oxygen atoms in total. The predicted molar refractivity (Wildman–Crippen MR) is 595 cm³/mol. The van der Waals surface area contributed by atoms with Crippen molar-refractivity contribution in [2.45, 2.75) is 488 Å². The Hall–Kier alpha value is -6.12. The van der Waals surface area contributed by atoms with Crippen molar-refractivity contribution in [3.8, 4) is 0 Å². The zero-order chi connectivity index (χ0) is 112. The molecule has 0 aliphatic heterocycles. The molecule has 6 aromatic carbocycles. The number of nitrogens with zero attached hydrogens (tertiary/aromatic N) is 10. The molecule has 0 radical (unpaired) electrons. The number of ether oxygens (including phenoxy) is 2. The second-order valence-electron chi connectivity index (χ2n) is 52.5. The summed E-state index contributed by atoms with van der Waals surface area (Å²) < 4.78 is 84.8. The SMILES string of the molecule is CC(C)(C)N(CCN(c1ccccc1)C(C)(C)C)c1ccccc1.CC(C)(C)OC(C)(C)C(C)(C)OC(C)(C)C.CN(C(C)(C)C)C(C)(C)C(C)(C)N(C)C(C)(C)C.Cc1cccc(C)c1N(CCN(c1c(C)cccc1C)C(C)(C)C)C(C)(C)C.[2H]C([2H])([2H])N(C(C)(C)C)C(C)(C)C(C)(C)N(C([2H])([2H])[2H])C(C)(C)C.[2H]C([2H])([2H])c1cccc(C)c1N(CCN(c1c(C)cccc1C)C(C)(C)C)C(C)(C)C. The van der Waals surface area contributed by atoms with E-state index in [9.17, 15) is 0 Å². The van der Waals surface area contributed by atoms with Crippen molar-refractivity contribution in [1.29, 1.82) is 0 Å². The van der Waals surface area contributed by atoms with Crippen LogP contribution in [0.4, 0.5) is 34.1 Å². The van der Waals surface area contributed by atoms with E-state index in [4.69, 9.17) is 21.8 Å². The summed E-state index contributed by atoms with van der Waals surface area (Å²) >= 11 is 0. The average Bonchev–Trinajstić information content (AvgIpc) is 0.718. The highest BCUT2D eigenvalue weighted by atomic mass is 16.6. The van der Waals surface area contributed by atoms with Gasteiger partial charge >= 0.3 is 0 Å². The summed E-state index contributed by atoms with van der Waals surface area (Å²) in [6, 6.07) is 46.7. The normalized spacial score (nSPS) is 14.8. The maximum absolute atomic E-state index is 8.11. The number of hydrogen-bond acceptors (Lipinski definition) is 12. The molecule has 12 heteroatoms. The third-order valence-corrected chi connectivity index (χ3v) is 27.0. The summed E-state index contributed by atoms with van der Waals surface area (Å²) in [6.07, 6.45) is 0. The van der Waals surface area contributed by atoms with Gasteiger partial charge in [0.1, 0.15) is 0 Å². The third-order valence-electron chi connectivity index (χ3n) is 27.0. The molecule has 0 atom stereocenters. The van der Waals surface area contributed by atoms with E-state index in [1.54, 1.807) is 6.07 Å². The molecule has 0 aliphatic rings. The molecule has 132 heavy (non-hydrogen) atoms. The fourth-order valence-electron chi connectivity index (χ4n) is 17.9. The van der Waals surface area contributed by atoms with Crippen LogP contribution in [0.5, 0.6) is 0 Å². The van der Waals surface area contributed by atoms with Crippen LogP contribution in [-0.4, -0.2) is 187 Å². The molecule has 0 aromatic heterocycles. The van der Waals surface area contributed by atoms with Crippen molar-refractivity contribution in [2.75, 3.05) is 96.7 Å². The van der Waals surface area contributed by atoms with E-state index in [0.29, 0.717) is 5.56 Å². The molecule has 0 heterocycles. The van der Waals surface area contributed by atoms with E-state index in [0.717, 1.165) is 50.5 Å². The van der Waals surface area contributed by atoms with Crippen LogP contribution in [0.3, 0.4) is 0 Å². The molecule has 6 rings (SSSR count). The van der Waals surface area contributed by atoms with Gasteiger partial charge in [0.25, 0.3) is 0 Å². The van der Waals surface area contributed by atoms with Crippen molar-refractivity contribution < 1.29 is 21.8 Å². The molecule has 0 spiro atoms. The van der Waals surface area contributed by atoms with E-state index in [2.05, 4.69) is 473 Å². The number of benzene rings is 6. The van der Waals surface area contributed by atoms with Gasteiger partial charge in [-0.25, -0.2) is 0 Å². The number of anilines is 6. The molecule has 0 unspecified atom stereocenters. The molecule has 0 aliphatic carbocycles. The Morgan fingerprint density at radius 1 is 0.205 bits per heavy atom. The number of hydrogen-bond donors (Lipinski definition) is 0. The Labute approximate surface area is 833 Å². The summed E-state index contributed by atoms with van der Waals surface area (Å²) in [7, 11) is 4.47. The average molecular weight is 1840 g/mol. The first-order valence-electron chi connectivity index (χ1n) is 53.8. The van der Waals surface area contributed by atoms with Gasteiger partial charge in [0.15, 0.2) is 0 Å². The maximum Gasteiger partial charge on any atom is 0.0916 e. The van der Waals surface area contributed by atoms with Gasteiger partial charge in [0, 0.05) is 163 Å². The smallest absolute Gasteiger partial charge is 0.0916 e. The lowest BCUT2D eigenvalue weighted by molar-refractivity contribution is -0.245. The molecule has 0 N–H and O–H groups in total. The van der Waals surface area contributed by atoms with Crippen LogP contribution in [0, 0.1) is 55.3 Å². The number of aryl methyl sites for hydroxylation is 8. The summed E-state index contributed by atoms with van der Waals surface area (Å²) in [5.74, 6) is 0. The largest absolute Gasteiger partial charge is 0.367 e. The lowest BCUT2D eigenvalue weighted by atomic mass is 9.76. The molecule has 0 fully saturated rings. The predicted octanol–water partition coefficient (Wildman–Crippen LogP) is 31.4. The highest BCUT2D eigenvalue weighted by Gasteiger charge is 2.51. The van der Waals surface area contributed by atoms with E-state index < -0.39 is 43.0 Å². The molecular weight excluding hydrogens is 1610 g/mol. The van der Waals surface area contributed by atoms with Gasteiger partial charge in [-0.1, -0.05) is 109 Å². The van der Waals surface area contributed by atoms with Crippen LogP contribution in [0.15, 0.2) is 133 Å². The number of para-hydroxylation sites is 6. The molecule has 0 amide bonds. The van der Waals surface area contributed by atoms with Gasteiger partial charge in [0.05, 0.1) is 22.4 Å². The minimum Gasteiger partial charge on any atom is -0.367 e. The van der Waals surface area contributed by atoms with Crippen molar-refractivity contribution in [2.24, 2.45) is 0 Å². The summed E-state index contributed by atoms with van der Waals surface area (Å²) in [6.45, 7) is 117. The molecule has 756 valence electrons. The minimum absolute atomic E-state index is 0.0568. The van der Waals surface area contributed by atoms with Crippen LogP contribution in [0.25, 0.3) is 0 Å². The second kappa shape index (κ2) is 46.1. The standard InChI is InChI=1S/2C26H40N2.C22H32N2.2C16H36N2.C14H30O2/c2*1-19-13-11-14-20(2)23(19)27(25(5,6)7)17-18-28(26(8,9)10)24-21(3)15-12-16-22(24)4;1-21(2,3)23(19-13-9-7-10-14-19)17-18-24(22(4,5)6)20-15-11-8-12-16-20;2*1-13(2,3)17(11)15(7,8)16(9,10)18(12)14(4,5)6;1-11(2,3)15-13(7,8)14(9,10)16-12(4,5)6/h2*11-16H,17-18H2,1-10H3;7-16H,17-18H2,1-6H3;2*1-12H3;1-10H3/i1D3;;;11D3,12D3;;. The summed E-state index contributed by atoms with van der Waals surface area (Å²) in [5.41, 5.74) is 13.0. The van der Waals surface area contributed by atoms with E-state index in [-0.39, 0.29) is 77.8 Å². The van der Waals surface area contributed by atoms with Crippen LogP contribution < -0.4 is 29.4 Å². The lowest BCUT2D eigenvalue weighted by Crippen LogP contribution is -2.69. The Morgan fingerprint density at radius 2 is 0.371 bits per heavy atom. The Kier molecular flexibility index (Phi) is 37.7. The van der Waals surface area contributed by atoms with Gasteiger partial charge < -0.3 is 38.9 Å². The Morgan fingerprint density at radius 3 is 0.530 bits per heavy atom. The third kappa shape index (κ3) is 36.0. The van der Waals surface area contributed by atoms with Crippen molar-refractivity contribution in [3.05, 3.63) is 178 Å². The fourth-order valence-corrected chi connectivity index (χ4v) is 17.9. The highest BCUT2D eigenvalue weighted by molar-refractivity contribution is 5.65. The summed E-state index contributed by atoms with van der Waals surface area (Å²) in [5, 5.41) is 0. The van der Waals surface area contributed by atoms with Gasteiger partial charge in [0.2, 0.25) is 0 Å². The second-order valence-corrected chi connectivity index (χ2v) is 52.5. The maximum atomic E-state index is 8.11. The van der Waals surface area contributed by atoms with Gasteiger partial charge in [-0.3, -0.25) is 19.6 Å². The van der Waals surface area contributed by atoms with Crippen LogP contribution >= 0.6 is 0 Å². The van der Waals surface area contributed by atoms with Crippen molar-refractivity contribution >= 4 is 34.1 Å². The Balaban J connectivity index is 0.000000857. The number of likely N-dealkylation sites (N-methyl/N-ethyl adjacent to an activating group) is 4. The first-order valence-corrected chi connectivity index (χ1v) is 49.3. The topological polar surface area (TPSA) is 50.9 Å². The van der Waals surface area contributed by atoms with E-state index >= 15 is 0 Å². The first kappa shape index (κ1) is 108. The van der Waals surface area contributed by atoms with Crippen LogP contribution in [-0.2, 0) is 9.47 Å². The fraction of sp³-hybridized carbons (Fsp3) is 0.700. The quantitative estimate of drug-likeness (QED) is 0.0580. The van der Waals surface area contributed by atoms with Gasteiger partial charge in [-0.05, 0) is 484 Å². The number of rotatable bonds is 24. The summed E-state index contributed by atoms with van der Waals surface area (Å²) in [4.78, 5) is 22.8. The van der Waals surface area contributed by atoms with Crippen LogP contribution in [0.2, 0.25) is 0 Å².